The van der Waals surface area contributed by atoms with Crippen LogP contribution < -0.4 is 0 Å². The molecule has 0 bridgehead atoms. The van der Waals surface area contributed by atoms with Gasteiger partial charge in [0.1, 0.15) is 11.9 Å². The van der Waals surface area contributed by atoms with Gasteiger partial charge in [-0.25, -0.2) is 36.6 Å². The van der Waals surface area contributed by atoms with Gasteiger partial charge in [-0.3, -0.25) is 0 Å². The lowest BCUT2D eigenvalue weighted by molar-refractivity contribution is -0.338. The number of nitrogens with zero attached hydrogens (tertiary/aromatic N) is 7. The molecule has 20 heteroatoms. The van der Waals surface area contributed by atoms with Gasteiger partial charge < -0.3 is 20.1 Å². The van der Waals surface area contributed by atoms with E-state index in [-0.39, 0.29) is 28.1 Å². The molecule has 2 fully saturated rings. The first-order valence-corrected chi connectivity index (χ1v) is 18.3. The van der Waals surface area contributed by atoms with Crippen molar-refractivity contribution >= 4 is 23.2 Å². The molecule has 3 N–H and O–H groups in total. The van der Waals surface area contributed by atoms with Crippen molar-refractivity contribution in [2.75, 3.05) is 6.61 Å². The van der Waals surface area contributed by atoms with E-state index in [1.54, 1.807) is 0 Å². The van der Waals surface area contributed by atoms with Crippen molar-refractivity contribution in [1.29, 1.82) is 0 Å². The summed E-state index contributed by atoms with van der Waals surface area (Å²) in [5, 5.41) is 46.9. The molecule has 0 spiro atoms. The van der Waals surface area contributed by atoms with Gasteiger partial charge in [0, 0.05) is 41.1 Å². The van der Waals surface area contributed by atoms with E-state index < -0.39 is 98.7 Å². The minimum atomic E-state index is -4.97. The number of hydrogen-bond acceptors (Lipinski definition) is 8. The lowest BCUT2D eigenvalue weighted by atomic mass is 9.86. The van der Waals surface area contributed by atoms with E-state index in [2.05, 4.69) is 20.3 Å². The molecule has 8 rings (SSSR count). The van der Waals surface area contributed by atoms with Gasteiger partial charge in [0.2, 0.25) is 5.72 Å². The standard InChI is InChI=1S/C38H30Cl2F7N7O4/c1-18-50-34(54(51-18)27-11-21(35(2)9-10-35)3-6-24(27)38(45,46)47)37(53-16-20(14-49-53)23-5-8-26(40)33(44)31(23)42)36(57,12-28(56)29(17-55)58-37)52-15-19(13-48-52)22-4-7-25(39)32(43)30(22)41/h3-8,11,13-16,28-29,55-57H,9-10,12,17H2,1-2H3/t28-,29-,36-,37?/m0/s1. The van der Waals surface area contributed by atoms with Crippen molar-refractivity contribution in [3.63, 3.8) is 0 Å². The van der Waals surface area contributed by atoms with Gasteiger partial charge in [0.05, 0.1) is 46.4 Å². The third-order valence-electron chi connectivity index (χ3n) is 10.8. The molecular weight excluding hydrogens is 822 g/mol. The van der Waals surface area contributed by atoms with E-state index in [0.29, 0.717) is 18.4 Å². The van der Waals surface area contributed by atoms with E-state index in [0.717, 1.165) is 69.2 Å². The predicted molar refractivity (Wildman–Crippen MR) is 193 cm³/mol. The summed E-state index contributed by atoms with van der Waals surface area (Å²) in [6, 6.07) is 7.95. The molecule has 0 amide bonds. The summed E-state index contributed by atoms with van der Waals surface area (Å²) >= 11 is 11.6. The Morgan fingerprint density at radius 1 is 0.862 bits per heavy atom. The van der Waals surface area contributed by atoms with Crippen LogP contribution in [0.15, 0.2) is 67.3 Å². The Kier molecular flexibility index (Phi) is 9.56. The van der Waals surface area contributed by atoms with Crippen LogP contribution in [0, 0.1) is 30.2 Å². The maximum Gasteiger partial charge on any atom is 0.418 e. The molecule has 58 heavy (non-hydrogen) atoms. The maximum absolute atomic E-state index is 15.4. The van der Waals surface area contributed by atoms with Crippen LogP contribution in [0.2, 0.25) is 10.0 Å². The molecule has 1 saturated carbocycles. The second kappa shape index (κ2) is 13.9. The fraction of sp³-hybridized carbons (Fsp3) is 0.316. The van der Waals surface area contributed by atoms with Gasteiger partial charge in [-0.1, -0.05) is 36.2 Å². The molecule has 304 valence electrons. The molecule has 6 aromatic rings. The number of aromatic nitrogens is 7. The van der Waals surface area contributed by atoms with Gasteiger partial charge in [-0.2, -0.15) is 28.5 Å². The third-order valence-corrected chi connectivity index (χ3v) is 11.4. The van der Waals surface area contributed by atoms with E-state index >= 15 is 8.78 Å². The third kappa shape index (κ3) is 6.19. The van der Waals surface area contributed by atoms with Crippen molar-refractivity contribution in [2.24, 2.45) is 0 Å². The van der Waals surface area contributed by atoms with Crippen molar-refractivity contribution in [3.05, 3.63) is 123 Å². The molecule has 1 aliphatic carbocycles. The van der Waals surface area contributed by atoms with Gasteiger partial charge in [0.15, 0.2) is 29.1 Å². The van der Waals surface area contributed by atoms with E-state index in [1.165, 1.54) is 19.1 Å². The van der Waals surface area contributed by atoms with E-state index in [4.69, 9.17) is 27.9 Å². The van der Waals surface area contributed by atoms with Crippen molar-refractivity contribution in [3.8, 4) is 27.9 Å². The van der Waals surface area contributed by atoms with Crippen molar-refractivity contribution < 1.29 is 50.8 Å². The highest BCUT2D eigenvalue weighted by molar-refractivity contribution is 6.31. The van der Waals surface area contributed by atoms with Crippen LogP contribution >= 0.6 is 23.2 Å². The molecular formula is C38H30Cl2F7N7O4. The van der Waals surface area contributed by atoms with Gasteiger partial charge in [-0.15, -0.1) is 0 Å². The zero-order valence-corrected chi connectivity index (χ0v) is 31.6. The monoisotopic (exact) mass is 851 g/mol. The molecule has 1 aliphatic heterocycles. The first-order chi connectivity index (χ1) is 27.3. The topological polar surface area (TPSA) is 136 Å². The maximum atomic E-state index is 15.4. The van der Waals surface area contributed by atoms with Gasteiger partial charge in [-0.05, 0) is 67.1 Å². The number of halogens is 9. The summed E-state index contributed by atoms with van der Waals surface area (Å²) in [6.45, 7) is 2.29. The summed E-state index contributed by atoms with van der Waals surface area (Å²) in [4.78, 5) is 4.49. The molecule has 1 saturated heterocycles. The van der Waals surface area contributed by atoms with Crippen LogP contribution in [0.1, 0.15) is 49.0 Å². The Morgan fingerprint density at radius 3 is 1.98 bits per heavy atom. The molecule has 3 aromatic carbocycles. The van der Waals surface area contributed by atoms with Crippen LogP contribution in [0.5, 0.6) is 0 Å². The average molecular weight is 853 g/mol. The molecule has 4 atom stereocenters. The number of aryl methyl sites for hydroxylation is 1. The minimum Gasteiger partial charge on any atom is -0.394 e. The second-order valence-electron chi connectivity index (χ2n) is 14.5. The zero-order chi connectivity index (χ0) is 41.7. The van der Waals surface area contributed by atoms with Gasteiger partial charge >= 0.3 is 6.18 Å². The van der Waals surface area contributed by atoms with Crippen LogP contribution in [0.25, 0.3) is 27.9 Å². The Balaban J connectivity index is 1.44. The van der Waals surface area contributed by atoms with Crippen molar-refractivity contribution in [2.45, 2.75) is 68.4 Å². The highest BCUT2D eigenvalue weighted by Gasteiger charge is 2.66. The molecule has 11 nitrogen and oxygen atoms in total. The number of aliphatic hydroxyl groups is 3. The molecule has 2 aliphatic rings. The number of benzene rings is 3. The SMILES string of the molecule is Cc1nc(C2(n3cc(-c4ccc(Cl)c(F)c4F)cn3)O[C@@H](CO)[C@@H](O)C[C@@]2(O)n2cc(-c3ccc(Cl)c(F)c3F)cn2)n(-c2cc(C3(C)CC3)ccc2C(F)(F)F)n1. The minimum absolute atomic E-state index is 0.142. The number of aliphatic hydroxyl groups excluding tert-OH is 2. The Hall–Kier alpha value is -4.85. The zero-order valence-electron chi connectivity index (χ0n) is 30.1. The number of hydrogen-bond donors (Lipinski definition) is 3. The summed E-state index contributed by atoms with van der Waals surface area (Å²) < 4.78 is 114. The summed E-state index contributed by atoms with van der Waals surface area (Å²) in [5.74, 6) is -6.31. The quantitative estimate of drug-likeness (QED) is 0.106. The molecule has 1 unspecified atom stereocenters. The number of ether oxygens (including phenoxy) is 1. The highest BCUT2D eigenvalue weighted by atomic mass is 35.5. The normalized spacial score (nSPS) is 23.1. The Bertz CT molecular complexity index is 2590. The predicted octanol–water partition coefficient (Wildman–Crippen LogP) is 7.42. The van der Waals surface area contributed by atoms with Crippen LogP contribution in [-0.4, -0.2) is 68.5 Å². The fourth-order valence-electron chi connectivity index (χ4n) is 7.33. The highest BCUT2D eigenvalue weighted by Crippen LogP contribution is 2.52. The average Bonchev–Trinajstić information content (AvgIpc) is 3.54. The lowest BCUT2D eigenvalue weighted by Crippen LogP contribution is -2.68. The molecule has 4 heterocycles. The summed E-state index contributed by atoms with van der Waals surface area (Å²) in [7, 11) is 0. The smallest absolute Gasteiger partial charge is 0.394 e. The van der Waals surface area contributed by atoms with Crippen LogP contribution in [0.3, 0.4) is 0 Å². The molecule has 0 radical (unpaired) electrons. The van der Waals surface area contributed by atoms with Crippen LogP contribution in [0.4, 0.5) is 30.7 Å². The number of alkyl halides is 3. The van der Waals surface area contributed by atoms with E-state index in [9.17, 15) is 37.3 Å². The Morgan fingerprint density at radius 2 is 1.43 bits per heavy atom. The number of rotatable bonds is 8. The van der Waals surface area contributed by atoms with Crippen LogP contribution in [-0.2, 0) is 27.8 Å². The van der Waals surface area contributed by atoms with Crippen molar-refractivity contribution in [1.82, 2.24) is 34.3 Å². The first-order valence-electron chi connectivity index (χ1n) is 17.6. The first kappa shape index (κ1) is 40.0. The largest absolute Gasteiger partial charge is 0.418 e. The van der Waals surface area contributed by atoms with Gasteiger partial charge in [0.25, 0.3) is 5.72 Å². The summed E-state index contributed by atoms with van der Waals surface area (Å²) in [6.07, 6.45) is -3.66. The second-order valence-corrected chi connectivity index (χ2v) is 15.4. The lowest BCUT2D eigenvalue weighted by Gasteiger charge is -2.51. The Labute approximate surface area is 333 Å². The van der Waals surface area contributed by atoms with E-state index in [1.807, 2.05) is 6.92 Å². The molecule has 3 aromatic heterocycles. The summed E-state index contributed by atoms with van der Waals surface area (Å²) in [5.41, 5.74) is -8.43. The fourth-order valence-corrected chi connectivity index (χ4v) is 7.62.